The molecule has 24 heavy (non-hydrogen) atoms. The highest BCUT2D eigenvalue weighted by Gasteiger charge is 2.38. The number of hydrogen-bond acceptors (Lipinski definition) is 2. The van der Waals surface area contributed by atoms with Gasteiger partial charge in [-0.05, 0) is 52.8 Å². The Morgan fingerprint density at radius 1 is 1.12 bits per heavy atom. The standard InChI is InChI=1S/C17H13F3INO2/c18-17(19,20)11-6-7-13(21)12(9-11)15-14(22-16(23)24-15)8-10-4-2-1-3-5-10/h1-7,9,14-15H,8H2,(H,22,23)/t14-,15-/m1/s1. The van der Waals surface area contributed by atoms with Crippen molar-refractivity contribution in [2.75, 3.05) is 0 Å². The van der Waals surface area contributed by atoms with Gasteiger partial charge in [-0.25, -0.2) is 4.79 Å². The second-order valence-corrected chi connectivity index (χ2v) is 6.66. The lowest BCUT2D eigenvalue weighted by molar-refractivity contribution is -0.137. The van der Waals surface area contributed by atoms with Gasteiger partial charge in [-0.1, -0.05) is 30.3 Å². The first-order valence-electron chi connectivity index (χ1n) is 7.22. The molecule has 1 heterocycles. The van der Waals surface area contributed by atoms with Crippen LogP contribution in [0.25, 0.3) is 0 Å². The Hall–Kier alpha value is -1.77. The first kappa shape index (κ1) is 17.1. The normalized spacial score (nSPS) is 20.6. The average molecular weight is 447 g/mol. The topological polar surface area (TPSA) is 38.3 Å². The number of rotatable bonds is 3. The van der Waals surface area contributed by atoms with E-state index in [1.165, 1.54) is 6.07 Å². The van der Waals surface area contributed by atoms with Crippen LogP contribution in [0.15, 0.2) is 48.5 Å². The molecule has 1 saturated heterocycles. The maximum Gasteiger partial charge on any atom is 0.416 e. The molecule has 2 aromatic carbocycles. The Kier molecular flexibility index (Phi) is 4.71. The SMILES string of the molecule is O=C1N[C@H](Cc2ccccc2)[C@@H](c2cc(C(F)(F)F)ccc2I)O1. The molecule has 3 rings (SSSR count). The highest BCUT2D eigenvalue weighted by atomic mass is 127. The number of carbonyl (C=O) groups excluding carboxylic acids is 1. The molecular formula is C17H13F3INO2. The number of alkyl halides is 3. The van der Waals surface area contributed by atoms with Gasteiger partial charge in [-0.15, -0.1) is 0 Å². The Balaban J connectivity index is 1.93. The Morgan fingerprint density at radius 2 is 1.83 bits per heavy atom. The second kappa shape index (κ2) is 6.62. The van der Waals surface area contributed by atoms with Gasteiger partial charge in [0.1, 0.15) is 0 Å². The van der Waals surface area contributed by atoms with Crippen molar-refractivity contribution in [2.24, 2.45) is 0 Å². The summed E-state index contributed by atoms with van der Waals surface area (Å²) >= 11 is 1.96. The van der Waals surface area contributed by atoms with Crippen LogP contribution in [0.4, 0.5) is 18.0 Å². The van der Waals surface area contributed by atoms with Crippen molar-refractivity contribution in [1.29, 1.82) is 0 Å². The van der Waals surface area contributed by atoms with Crippen LogP contribution in [0.2, 0.25) is 0 Å². The number of amides is 1. The quantitative estimate of drug-likeness (QED) is 0.693. The molecule has 1 N–H and O–H groups in total. The van der Waals surface area contributed by atoms with Gasteiger partial charge < -0.3 is 10.1 Å². The zero-order chi connectivity index (χ0) is 17.3. The van der Waals surface area contributed by atoms with Gasteiger partial charge in [-0.3, -0.25) is 0 Å². The molecular weight excluding hydrogens is 434 g/mol. The van der Waals surface area contributed by atoms with E-state index < -0.39 is 30.0 Å². The van der Waals surface area contributed by atoms with Gasteiger partial charge >= 0.3 is 12.3 Å². The number of nitrogens with one attached hydrogen (secondary N) is 1. The number of hydrogen-bond donors (Lipinski definition) is 1. The van der Waals surface area contributed by atoms with Gasteiger partial charge in [-0.2, -0.15) is 13.2 Å². The third kappa shape index (κ3) is 3.66. The molecule has 1 aliphatic rings. The summed E-state index contributed by atoms with van der Waals surface area (Å²) in [5.74, 6) is 0. The summed E-state index contributed by atoms with van der Waals surface area (Å²) in [6.07, 6.45) is -5.34. The predicted molar refractivity (Wildman–Crippen MR) is 90.5 cm³/mol. The molecule has 126 valence electrons. The van der Waals surface area contributed by atoms with Crippen molar-refractivity contribution in [2.45, 2.75) is 24.7 Å². The summed E-state index contributed by atoms with van der Waals surface area (Å²) < 4.78 is 44.8. The molecule has 0 aromatic heterocycles. The molecule has 0 unspecified atom stereocenters. The van der Waals surface area contributed by atoms with Gasteiger partial charge in [0.05, 0.1) is 11.6 Å². The fourth-order valence-corrected chi connectivity index (χ4v) is 3.35. The van der Waals surface area contributed by atoms with Gasteiger partial charge in [0.25, 0.3) is 0 Å². The van der Waals surface area contributed by atoms with Crippen LogP contribution in [0, 0.1) is 3.57 Å². The summed E-state index contributed by atoms with van der Waals surface area (Å²) in [6.45, 7) is 0. The van der Waals surface area contributed by atoms with Crippen LogP contribution in [-0.2, 0) is 17.3 Å². The highest BCUT2D eigenvalue weighted by Crippen LogP contribution is 2.36. The van der Waals surface area contributed by atoms with E-state index in [9.17, 15) is 18.0 Å². The van der Waals surface area contributed by atoms with Crippen molar-refractivity contribution < 1.29 is 22.7 Å². The lowest BCUT2D eigenvalue weighted by Gasteiger charge is -2.20. The van der Waals surface area contributed by atoms with Crippen LogP contribution in [0.1, 0.15) is 22.8 Å². The molecule has 1 amide bonds. The zero-order valence-corrected chi connectivity index (χ0v) is 14.5. The molecule has 0 saturated carbocycles. The molecule has 2 aromatic rings. The number of alkyl carbamates (subject to hydrolysis) is 1. The zero-order valence-electron chi connectivity index (χ0n) is 12.3. The molecule has 0 aliphatic carbocycles. The van der Waals surface area contributed by atoms with Crippen LogP contribution in [0.3, 0.4) is 0 Å². The largest absolute Gasteiger partial charge is 0.439 e. The van der Waals surface area contributed by atoms with Crippen LogP contribution in [0.5, 0.6) is 0 Å². The Morgan fingerprint density at radius 3 is 2.50 bits per heavy atom. The van der Waals surface area contributed by atoms with E-state index in [1.54, 1.807) is 0 Å². The van der Waals surface area contributed by atoms with E-state index in [-0.39, 0.29) is 0 Å². The minimum atomic E-state index is -4.44. The van der Waals surface area contributed by atoms with E-state index in [0.717, 1.165) is 17.7 Å². The fourth-order valence-electron chi connectivity index (χ4n) is 2.70. The first-order chi connectivity index (χ1) is 11.3. The maximum atomic E-state index is 13.0. The fraction of sp³-hybridized carbons (Fsp3) is 0.235. The molecule has 0 bridgehead atoms. The van der Waals surface area contributed by atoms with Crippen molar-refractivity contribution in [3.05, 3.63) is 68.8 Å². The number of halogens is 4. The van der Waals surface area contributed by atoms with Crippen molar-refractivity contribution >= 4 is 28.7 Å². The lowest BCUT2D eigenvalue weighted by atomic mass is 9.95. The summed E-state index contributed by atoms with van der Waals surface area (Å²) in [4.78, 5) is 11.7. The number of carbonyl (C=O) groups is 1. The molecule has 1 fully saturated rings. The smallest absolute Gasteiger partial charge is 0.416 e. The monoisotopic (exact) mass is 447 g/mol. The Bertz CT molecular complexity index is 749. The van der Waals surface area contributed by atoms with Crippen LogP contribution >= 0.6 is 22.6 Å². The molecule has 1 aliphatic heterocycles. The molecule has 7 heteroatoms. The second-order valence-electron chi connectivity index (χ2n) is 5.50. The van der Waals surface area contributed by atoms with E-state index >= 15 is 0 Å². The number of benzene rings is 2. The molecule has 2 atom stereocenters. The van der Waals surface area contributed by atoms with E-state index in [0.29, 0.717) is 15.6 Å². The lowest BCUT2D eigenvalue weighted by Crippen LogP contribution is -2.30. The average Bonchev–Trinajstić information content (AvgIpc) is 2.88. The summed E-state index contributed by atoms with van der Waals surface area (Å²) in [7, 11) is 0. The van der Waals surface area contributed by atoms with E-state index in [2.05, 4.69) is 5.32 Å². The van der Waals surface area contributed by atoms with Crippen molar-refractivity contribution in [3.63, 3.8) is 0 Å². The van der Waals surface area contributed by atoms with Gasteiger partial charge in [0.15, 0.2) is 6.10 Å². The number of cyclic esters (lactones) is 1. The highest BCUT2D eigenvalue weighted by molar-refractivity contribution is 14.1. The summed E-state index contributed by atoms with van der Waals surface area (Å²) in [5, 5.41) is 2.69. The first-order valence-corrected chi connectivity index (χ1v) is 8.30. The summed E-state index contributed by atoms with van der Waals surface area (Å²) in [5.41, 5.74) is 0.587. The van der Waals surface area contributed by atoms with Crippen LogP contribution in [-0.4, -0.2) is 12.1 Å². The van der Waals surface area contributed by atoms with Crippen molar-refractivity contribution in [3.8, 4) is 0 Å². The number of ether oxygens (including phenoxy) is 1. The molecule has 3 nitrogen and oxygen atoms in total. The minimum absolute atomic E-state index is 0.365. The van der Waals surface area contributed by atoms with Crippen LogP contribution < -0.4 is 5.32 Å². The molecule has 0 spiro atoms. The predicted octanol–water partition coefficient (Wildman–Crippen LogP) is 4.70. The third-order valence-corrected chi connectivity index (χ3v) is 4.81. The molecule has 0 radical (unpaired) electrons. The Labute approximate surface area is 150 Å². The third-order valence-electron chi connectivity index (χ3n) is 3.83. The summed E-state index contributed by atoms with van der Waals surface area (Å²) in [6, 6.07) is 12.5. The van der Waals surface area contributed by atoms with Crippen molar-refractivity contribution in [1.82, 2.24) is 5.32 Å². The van der Waals surface area contributed by atoms with Gasteiger partial charge in [0.2, 0.25) is 0 Å². The van der Waals surface area contributed by atoms with E-state index in [4.69, 9.17) is 4.74 Å². The minimum Gasteiger partial charge on any atom is -0.439 e. The van der Waals surface area contributed by atoms with Gasteiger partial charge in [0, 0.05) is 9.13 Å². The van der Waals surface area contributed by atoms with E-state index in [1.807, 2.05) is 52.9 Å². The maximum absolute atomic E-state index is 13.0.